The van der Waals surface area contributed by atoms with E-state index in [1.807, 2.05) is 0 Å². The summed E-state index contributed by atoms with van der Waals surface area (Å²) in [6, 6.07) is 3.21. The van der Waals surface area contributed by atoms with Gasteiger partial charge in [-0.1, -0.05) is 0 Å². The number of nitrogens with one attached hydrogen (secondary N) is 1. The minimum atomic E-state index is -0.307. The van der Waals surface area contributed by atoms with Crippen molar-refractivity contribution in [1.29, 1.82) is 0 Å². The lowest BCUT2D eigenvalue weighted by molar-refractivity contribution is -0.122. The Morgan fingerprint density at radius 3 is 2.80 bits per heavy atom. The van der Waals surface area contributed by atoms with Crippen molar-refractivity contribution in [3.63, 3.8) is 0 Å². The van der Waals surface area contributed by atoms with Crippen LogP contribution in [0.2, 0.25) is 0 Å². The van der Waals surface area contributed by atoms with Crippen molar-refractivity contribution in [2.75, 3.05) is 27.4 Å². The molecule has 1 aromatic heterocycles. The van der Waals surface area contributed by atoms with Crippen molar-refractivity contribution in [2.24, 2.45) is 0 Å². The predicted molar refractivity (Wildman–Crippen MR) is 91.1 cm³/mol. The van der Waals surface area contributed by atoms with Gasteiger partial charge in [-0.15, -0.1) is 0 Å². The predicted octanol–water partition coefficient (Wildman–Crippen LogP) is 0.709. The van der Waals surface area contributed by atoms with E-state index < -0.39 is 0 Å². The molecular weight excluding hydrogens is 326 g/mol. The number of nitrogens with zero attached hydrogens (tertiary/aromatic N) is 2. The summed E-state index contributed by atoms with van der Waals surface area (Å²) in [5.74, 6) is 0.683. The number of carbonyl (C=O) groups excluding carboxylic acids is 1. The number of methoxy groups -OCH3 is 2. The Morgan fingerprint density at radius 1 is 1.36 bits per heavy atom. The molecule has 134 valence electrons. The van der Waals surface area contributed by atoms with E-state index in [1.54, 1.807) is 12.1 Å². The maximum Gasteiger partial charge on any atom is 0.261 e. The molecule has 2 aromatic rings. The Bertz CT molecular complexity index is 827. The van der Waals surface area contributed by atoms with E-state index in [0.29, 0.717) is 28.9 Å². The molecule has 0 aliphatic carbocycles. The molecule has 1 aliphatic heterocycles. The number of ether oxygens (including phenoxy) is 3. The standard InChI is InChI=1S/C17H21N3O5/c1-23-14-6-12-13(7-15(14)24-2)19-10-20(17(12)22)9-16(21)18-8-11-4-3-5-25-11/h6-7,10-11H,3-5,8-9H2,1-2H3,(H,18,21)/t11-/m0/s1. The van der Waals surface area contributed by atoms with Crippen LogP contribution < -0.4 is 20.3 Å². The summed E-state index contributed by atoms with van der Waals surface area (Å²) in [4.78, 5) is 28.9. The molecule has 1 saturated heterocycles. The highest BCUT2D eigenvalue weighted by Gasteiger charge is 2.17. The zero-order valence-corrected chi connectivity index (χ0v) is 14.3. The first-order valence-electron chi connectivity index (χ1n) is 8.12. The molecule has 1 fully saturated rings. The third-order valence-electron chi connectivity index (χ3n) is 4.19. The fourth-order valence-electron chi connectivity index (χ4n) is 2.84. The van der Waals surface area contributed by atoms with Crippen LogP contribution >= 0.6 is 0 Å². The van der Waals surface area contributed by atoms with Crippen molar-refractivity contribution in [3.05, 3.63) is 28.8 Å². The number of hydrogen-bond acceptors (Lipinski definition) is 6. The number of hydrogen-bond donors (Lipinski definition) is 1. The summed E-state index contributed by atoms with van der Waals surface area (Å²) in [7, 11) is 3.01. The second kappa shape index (κ2) is 7.52. The van der Waals surface area contributed by atoms with Gasteiger partial charge in [-0.05, 0) is 18.9 Å². The molecule has 2 heterocycles. The summed E-state index contributed by atoms with van der Waals surface area (Å²) in [6.45, 7) is 1.10. The van der Waals surface area contributed by atoms with Gasteiger partial charge in [0.15, 0.2) is 11.5 Å². The topological polar surface area (TPSA) is 91.7 Å². The van der Waals surface area contributed by atoms with Crippen molar-refractivity contribution in [2.45, 2.75) is 25.5 Å². The van der Waals surface area contributed by atoms with Crippen LogP contribution in [0, 0.1) is 0 Å². The normalized spacial score (nSPS) is 16.8. The molecule has 0 saturated carbocycles. The van der Waals surface area contributed by atoms with Crippen LogP contribution in [0.1, 0.15) is 12.8 Å². The Balaban J connectivity index is 1.78. The quantitative estimate of drug-likeness (QED) is 0.827. The van der Waals surface area contributed by atoms with E-state index >= 15 is 0 Å². The largest absolute Gasteiger partial charge is 0.493 e. The maximum atomic E-state index is 12.6. The number of amides is 1. The molecule has 1 aliphatic rings. The number of aromatic nitrogens is 2. The second-order valence-electron chi connectivity index (χ2n) is 5.84. The van der Waals surface area contributed by atoms with Crippen LogP contribution in [0.5, 0.6) is 11.5 Å². The Kier molecular flexibility index (Phi) is 5.18. The molecule has 0 spiro atoms. The smallest absolute Gasteiger partial charge is 0.261 e. The lowest BCUT2D eigenvalue weighted by Gasteiger charge is -2.12. The number of benzene rings is 1. The highest BCUT2D eigenvalue weighted by atomic mass is 16.5. The van der Waals surface area contributed by atoms with Gasteiger partial charge in [0, 0.05) is 19.2 Å². The zero-order chi connectivity index (χ0) is 17.8. The molecule has 25 heavy (non-hydrogen) atoms. The van der Waals surface area contributed by atoms with Gasteiger partial charge in [0.05, 0.1) is 37.6 Å². The fraction of sp³-hybridized carbons (Fsp3) is 0.471. The van der Waals surface area contributed by atoms with Crippen LogP contribution in [0.25, 0.3) is 10.9 Å². The van der Waals surface area contributed by atoms with E-state index in [-0.39, 0.29) is 24.1 Å². The zero-order valence-electron chi connectivity index (χ0n) is 14.3. The van der Waals surface area contributed by atoms with Gasteiger partial charge in [0.2, 0.25) is 5.91 Å². The second-order valence-corrected chi connectivity index (χ2v) is 5.84. The molecular formula is C17H21N3O5. The van der Waals surface area contributed by atoms with Gasteiger partial charge in [-0.2, -0.15) is 0 Å². The highest BCUT2D eigenvalue weighted by Crippen LogP contribution is 2.29. The number of carbonyl (C=O) groups is 1. The van der Waals surface area contributed by atoms with E-state index in [4.69, 9.17) is 14.2 Å². The number of rotatable bonds is 6. The first-order valence-corrected chi connectivity index (χ1v) is 8.12. The first-order chi connectivity index (χ1) is 12.1. The summed E-state index contributed by atoms with van der Waals surface area (Å²) < 4.78 is 17.2. The minimum Gasteiger partial charge on any atom is -0.493 e. The van der Waals surface area contributed by atoms with E-state index in [2.05, 4.69) is 10.3 Å². The van der Waals surface area contributed by atoms with E-state index in [1.165, 1.54) is 25.1 Å². The van der Waals surface area contributed by atoms with Gasteiger partial charge >= 0.3 is 0 Å². The number of fused-ring (bicyclic) bond motifs is 1. The Labute approximate surface area is 144 Å². The molecule has 0 radical (unpaired) electrons. The third kappa shape index (κ3) is 3.74. The van der Waals surface area contributed by atoms with Gasteiger partial charge in [0.1, 0.15) is 6.54 Å². The lowest BCUT2D eigenvalue weighted by Crippen LogP contribution is -2.36. The van der Waals surface area contributed by atoms with Crippen LogP contribution in [0.4, 0.5) is 0 Å². The van der Waals surface area contributed by atoms with Gasteiger partial charge < -0.3 is 19.5 Å². The molecule has 8 nitrogen and oxygen atoms in total. The van der Waals surface area contributed by atoms with E-state index in [9.17, 15) is 9.59 Å². The lowest BCUT2D eigenvalue weighted by atomic mass is 10.2. The molecule has 1 N–H and O–H groups in total. The molecule has 3 rings (SSSR count). The van der Waals surface area contributed by atoms with Crippen molar-refractivity contribution in [3.8, 4) is 11.5 Å². The first kappa shape index (κ1) is 17.2. The molecule has 0 unspecified atom stereocenters. The Hall–Kier alpha value is -2.61. The minimum absolute atomic E-state index is 0.0622. The van der Waals surface area contributed by atoms with E-state index in [0.717, 1.165) is 19.4 Å². The average Bonchev–Trinajstić information content (AvgIpc) is 3.15. The highest BCUT2D eigenvalue weighted by molar-refractivity contribution is 5.82. The third-order valence-corrected chi connectivity index (χ3v) is 4.19. The van der Waals surface area contributed by atoms with Crippen molar-refractivity contribution in [1.82, 2.24) is 14.9 Å². The summed E-state index contributed by atoms with van der Waals surface area (Å²) in [5, 5.41) is 3.16. The fourth-order valence-corrected chi connectivity index (χ4v) is 2.84. The van der Waals surface area contributed by atoms with Crippen molar-refractivity contribution < 1.29 is 19.0 Å². The van der Waals surface area contributed by atoms with Gasteiger partial charge in [-0.3, -0.25) is 14.2 Å². The summed E-state index contributed by atoms with van der Waals surface area (Å²) in [5.41, 5.74) is 0.178. The molecule has 0 bridgehead atoms. The van der Waals surface area contributed by atoms with Crippen molar-refractivity contribution >= 4 is 16.8 Å². The Morgan fingerprint density at radius 2 is 2.12 bits per heavy atom. The molecule has 8 heteroatoms. The van der Waals surface area contributed by atoms with Crippen LogP contribution in [-0.4, -0.2) is 48.9 Å². The average molecular weight is 347 g/mol. The molecule has 1 aromatic carbocycles. The van der Waals surface area contributed by atoms with Gasteiger partial charge in [-0.25, -0.2) is 4.98 Å². The maximum absolute atomic E-state index is 12.6. The van der Waals surface area contributed by atoms with Crippen LogP contribution in [-0.2, 0) is 16.1 Å². The van der Waals surface area contributed by atoms with Crippen LogP contribution in [0.15, 0.2) is 23.3 Å². The van der Waals surface area contributed by atoms with Crippen LogP contribution in [0.3, 0.4) is 0 Å². The monoisotopic (exact) mass is 347 g/mol. The SMILES string of the molecule is COc1cc2ncn(CC(=O)NC[C@@H]3CCCO3)c(=O)c2cc1OC. The molecule has 1 amide bonds. The molecule has 1 atom stereocenters. The summed E-state index contributed by atoms with van der Waals surface area (Å²) >= 11 is 0. The summed E-state index contributed by atoms with van der Waals surface area (Å²) in [6.07, 6.45) is 3.38. The van der Waals surface area contributed by atoms with Gasteiger partial charge in [0.25, 0.3) is 5.56 Å².